The fraction of sp³-hybridized carbons (Fsp3) is 0.379. The quantitative estimate of drug-likeness (QED) is 0.279. The van der Waals surface area contributed by atoms with Crippen molar-refractivity contribution in [3.8, 4) is 0 Å². The van der Waals surface area contributed by atoms with Gasteiger partial charge in [-0.15, -0.1) is 0 Å². The Bertz CT molecular complexity index is 1170. The average Bonchev–Trinajstić information content (AvgIpc) is 2.80. The minimum atomic E-state index is -4.69. The van der Waals surface area contributed by atoms with Gasteiger partial charge in [-0.3, -0.25) is 4.79 Å². The van der Waals surface area contributed by atoms with Gasteiger partial charge in [-0.05, 0) is 68.4 Å². The van der Waals surface area contributed by atoms with E-state index in [9.17, 15) is 27.9 Å². The van der Waals surface area contributed by atoms with Gasteiger partial charge in [0.1, 0.15) is 0 Å². The number of hydrogen-bond donors (Lipinski definition) is 2. The van der Waals surface area contributed by atoms with Crippen LogP contribution in [0.15, 0.2) is 76.9 Å². The Morgan fingerprint density at radius 3 is 2.41 bits per heavy atom. The molecule has 3 atom stereocenters. The number of nitrogens with one attached hydrogen (secondary N) is 1. The third-order valence-electron chi connectivity index (χ3n) is 6.61. The Kier molecular flexibility index (Phi) is 10.3. The number of anilines is 1. The van der Waals surface area contributed by atoms with E-state index in [1.807, 2.05) is 19.1 Å². The van der Waals surface area contributed by atoms with Crippen LogP contribution in [0.3, 0.4) is 0 Å². The molecule has 1 amide bonds. The van der Waals surface area contributed by atoms with Gasteiger partial charge in [0.2, 0.25) is 5.91 Å². The SMILES string of the molecule is COC1CC(C)=C(/C=C/C(C)=C/C=C/C(C)=C/C(=O)Nc2ccc(C(F)(F)F)cc2C(=O)O)C(C)C1C. The minimum absolute atomic E-state index is 0.216. The van der Waals surface area contributed by atoms with Crippen LogP contribution in [-0.2, 0) is 15.7 Å². The van der Waals surface area contributed by atoms with Crippen LogP contribution >= 0.6 is 0 Å². The van der Waals surface area contributed by atoms with Crippen molar-refractivity contribution in [1.29, 1.82) is 0 Å². The van der Waals surface area contributed by atoms with Crippen LogP contribution in [0.4, 0.5) is 18.9 Å². The summed E-state index contributed by atoms with van der Waals surface area (Å²) in [6.45, 7) is 10.2. The maximum atomic E-state index is 12.9. The summed E-state index contributed by atoms with van der Waals surface area (Å²) in [4.78, 5) is 23.7. The second-order valence-electron chi connectivity index (χ2n) is 9.41. The van der Waals surface area contributed by atoms with Crippen LogP contribution in [0.25, 0.3) is 0 Å². The summed E-state index contributed by atoms with van der Waals surface area (Å²) in [6, 6.07) is 2.15. The van der Waals surface area contributed by atoms with Gasteiger partial charge < -0.3 is 15.2 Å². The lowest BCUT2D eigenvalue weighted by molar-refractivity contribution is -0.137. The van der Waals surface area contributed by atoms with E-state index in [0.29, 0.717) is 23.5 Å². The van der Waals surface area contributed by atoms with Gasteiger partial charge in [0.15, 0.2) is 0 Å². The molecule has 0 bridgehead atoms. The predicted molar refractivity (Wildman–Crippen MR) is 139 cm³/mol. The minimum Gasteiger partial charge on any atom is -0.478 e. The number of amides is 1. The number of alkyl halides is 3. The van der Waals surface area contributed by atoms with Crippen molar-refractivity contribution in [2.75, 3.05) is 12.4 Å². The molecule has 0 saturated heterocycles. The van der Waals surface area contributed by atoms with Crippen LogP contribution in [0.5, 0.6) is 0 Å². The van der Waals surface area contributed by atoms with Gasteiger partial charge in [0.05, 0.1) is 22.9 Å². The standard InChI is InChI=1S/C29H34F3NO4/c1-17(10-12-23-19(3)15-26(37-6)21(5)20(23)4)8-7-9-18(2)14-27(34)33-25-13-11-22(29(30,31)32)16-24(25)28(35)36/h7-14,16,20-21,26H,15H2,1-6H3,(H,33,34)(H,35,36)/b9-7+,12-10+,17-8+,18-14+. The van der Waals surface area contributed by atoms with Crippen LogP contribution in [0.2, 0.25) is 0 Å². The molecule has 5 nitrogen and oxygen atoms in total. The number of carboxylic acid groups (broad SMARTS) is 1. The molecule has 1 aromatic carbocycles. The molecule has 200 valence electrons. The Labute approximate surface area is 216 Å². The van der Waals surface area contributed by atoms with E-state index in [4.69, 9.17) is 4.74 Å². The van der Waals surface area contributed by atoms with Crippen LogP contribution in [-0.4, -0.2) is 30.2 Å². The fourth-order valence-electron chi connectivity index (χ4n) is 4.25. The molecular weight excluding hydrogens is 483 g/mol. The lowest BCUT2D eigenvalue weighted by Crippen LogP contribution is -2.31. The zero-order valence-electron chi connectivity index (χ0n) is 21.9. The summed E-state index contributed by atoms with van der Waals surface area (Å²) >= 11 is 0. The second-order valence-corrected chi connectivity index (χ2v) is 9.41. The molecule has 1 aromatic rings. The average molecular weight is 518 g/mol. The van der Waals surface area contributed by atoms with Crippen molar-refractivity contribution in [2.24, 2.45) is 11.8 Å². The highest BCUT2D eigenvalue weighted by Crippen LogP contribution is 2.36. The lowest BCUT2D eigenvalue weighted by Gasteiger charge is -2.35. The van der Waals surface area contributed by atoms with E-state index in [2.05, 4.69) is 32.2 Å². The molecule has 37 heavy (non-hydrogen) atoms. The zero-order valence-corrected chi connectivity index (χ0v) is 21.9. The molecule has 8 heteroatoms. The molecule has 0 radical (unpaired) electrons. The van der Waals surface area contributed by atoms with Gasteiger partial charge in [-0.1, -0.05) is 55.4 Å². The number of aromatic carboxylic acids is 1. The maximum absolute atomic E-state index is 12.9. The molecule has 3 unspecified atom stereocenters. The molecule has 1 aliphatic rings. The number of benzene rings is 1. The Balaban J connectivity index is 2.07. The van der Waals surface area contributed by atoms with Gasteiger partial charge >= 0.3 is 12.1 Å². The number of hydrogen-bond acceptors (Lipinski definition) is 3. The summed E-state index contributed by atoms with van der Waals surface area (Å²) in [5.74, 6) is -1.42. The number of carbonyl (C=O) groups excluding carboxylic acids is 1. The number of methoxy groups -OCH3 is 1. The van der Waals surface area contributed by atoms with Crippen LogP contribution in [0, 0.1) is 11.8 Å². The summed E-state index contributed by atoms with van der Waals surface area (Å²) in [5, 5.41) is 11.6. The number of carbonyl (C=O) groups is 2. The molecule has 1 aliphatic carbocycles. The third kappa shape index (κ3) is 8.32. The normalized spacial score (nSPS) is 21.7. The van der Waals surface area contributed by atoms with Gasteiger partial charge in [-0.25, -0.2) is 4.79 Å². The number of allylic oxidation sites excluding steroid dienone is 8. The third-order valence-corrected chi connectivity index (χ3v) is 6.61. The number of ether oxygens (including phenoxy) is 1. The van der Waals surface area contributed by atoms with Crippen LogP contribution in [0.1, 0.15) is 57.0 Å². The van der Waals surface area contributed by atoms with Gasteiger partial charge in [0, 0.05) is 13.2 Å². The summed E-state index contributed by atoms with van der Waals surface area (Å²) in [7, 11) is 1.75. The maximum Gasteiger partial charge on any atom is 0.416 e. The topological polar surface area (TPSA) is 75.6 Å². The second kappa shape index (κ2) is 12.7. The zero-order chi connectivity index (χ0) is 27.9. The van der Waals surface area contributed by atoms with Crippen molar-refractivity contribution in [3.63, 3.8) is 0 Å². The van der Waals surface area contributed by atoms with Crippen molar-refractivity contribution in [1.82, 2.24) is 0 Å². The number of rotatable bonds is 8. The molecule has 0 spiro atoms. The van der Waals surface area contributed by atoms with Gasteiger partial charge in [-0.2, -0.15) is 13.2 Å². The molecule has 0 aromatic heterocycles. The van der Waals surface area contributed by atoms with Crippen molar-refractivity contribution in [2.45, 2.75) is 53.3 Å². The Hall–Kier alpha value is -3.39. The van der Waals surface area contributed by atoms with E-state index < -0.39 is 29.2 Å². The summed E-state index contributed by atoms with van der Waals surface area (Å²) in [5.41, 5.74) is 2.26. The van der Waals surface area contributed by atoms with E-state index in [0.717, 1.165) is 24.1 Å². The predicted octanol–water partition coefficient (Wildman–Crippen LogP) is 7.35. The Morgan fingerprint density at radius 1 is 1.14 bits per heavy atom. The molecule has 2 rings (SSSR count). The fourth-order valence-corrected chi connectivity index (χ4v) is 4.25. The first kappa shape index (κ1) is 29.8. The highest BCUT2D eigenvalue weighted by atomic mass is 19.4. The van der Waals surface area contributed by atoms with Crippen LogP contribution < -0.4 is 5.32 Å². The van der Waals surface area contributed by atoms with Crippen molar-refractivity contribution in [3.05, 3.63) is 88.1 Å². The first-order chi connectivity index (χ1) is 17.2. The monoisotopic (exact) mass is 517 g/mol. The Morgan fingerprint density at radius 2 is 1.81 bits per heavy atom. The summed E-state index contributed by atoms with van der Waals surface area (Å²) in [6.07, 6.45) is 7.27. The van der Waals surface area contributed by atoms with E-state index in [1.165, 1.54) is 17.2 Å². The first-order valence-corrected chi connectivity index (χ1v) is 11.9. The molecule has 0 aliphatic heterocycles. The molecule has 0 saturated carbocycles. The van der Waals surface area contributed by atoms with Gasteiger partial charge in [0.25, 0.3) is 0 Å². The van der Waals surface area contributed by atoms with E-state index >= 15 is 0 Å². The van der Waals surface area contributed by atoms with E-state index in [1.54, 1.807) is 26.2 Å². The highest BCUT2D eigenvalue weighted by molar-refractivity contribution is 6.05. The largest absolute Gasteiger partial charge is 0.478 e. The van der Waals surface area contributed by atoms with Crippen molar-refractivity contribution < 1.29 is 32.6 Å². The smallest absolute Gasteiger partial charge is 0.416 e. The number of carboxylic acids is 1. The van der Waals surface area contributed by atoms with E-state index in [-0.39, 0.29) is 11.8 Å². The summed E-state index contributed by atoms with van der Waals surface area (Å²) < 4.78 is 44.2. The first-order valence-electron chi connectivity index (χ1n) is 11.9. The molecular formula is C29H34F3NO4. The highest BCUT2D eigenvalue weighted by Gasteiger charge is 2.32. The molecule has 2 N–H and O–H groups in total. The number of halogens is 3. The van der Waals surface area contributed by atoms with Crippen molar-refractivity contribution >= 4 is 17.6 Å². The molecule has 0 fully saturated rings. The molecule has 0 heterocycles. The lowest BCUT2D eigenvalue weighted by atomic mass is 9.75.